The molecule has 0 saturated heterocycles. The maximum absolute atomic E-state index is 12.5. The van der Waals surface area contributed by atoms with Gasteiger partial charge >= 0.3 is 5.97 Å². The zero-order chi connectivity index (χ0) is 17.9. The number of carbonyl (C=O) groups excluding carboxylic acids is 1. The number of aryl methyl sites for hydroxylation is 2. The molecule has 6 heteroatoms. The fraction of sp³-hybridized carbons (Fsp3) is 0.389. The minimum Gasteiger partial charge on any atom is -0.479 e. The van der Waals surface area contributed by atoms with Crippen LogP contribution in [-0.4, -0.2) is 26.8 Å². The lowest BCUT2D eigenvalue weighted by atomic mass is 9.98. The van der Waals surface area contributed by atoms with E-state index in [9.17, 15) is 14.7 Å². The molecule has 0 radical (unpaired) electrons. The van der Waals surface area contributed by atoms with Crippen molar-refractivity contribution in [1.82, 2.24) is 15.1 Å². The molecule has 0 fully saturated rings. The first-order chi connectivity index (χ1) is 11.3. The Morgan fingerprint density at radius 2 is 1.88 bits per heavy atom. The number of aliphatic carboxylic acids is 1. The van der Waals surface area contributed by atoms with Crippen LogP contribution in [0.1, 0.15) is 35.5 Å². The molecule has 0 aliphatic heterocycles. The number of carbonyl (C=O) groups is 2. The highest BCUT2D eigenvalue weighted by molar-refractivity contribution is 5.85. The summed E-state index contributed by atoms with van der Waals surface area (Å²) in [6.07, 6.45) is 0.526. The first-order valence-electron chi connectivity index (χ1n) is 7.88. The SMILES string of the molecule is Cc1nn(C)c(C)c1CC(C)C(=O)N[C@@H](C(=O)O)c1ccccc1. The number of nitrogens with one attached hydrogen (secondary N) is 1. The van der Waals surface area contributed by atoms with Gasteiger partial charge in [0.1, 0.15) is 0 Å². The third-order valence-electron chi connectivity index (χ3n) is 4.28. The van der Waals surface area contributed by atoms with E-state index >= 15 is 0 Å². The van der Waals surface area contributed by atoms with E-state index in [0.29, 0.717) is 12.0 Å². The molecule has 2 atom stereocenters. The number of carboxylic acids is 1. The highest BCUT2D eigenvalue weighted by atomic mass is 16.4. The van der Waals surface area contributed by atoms with E-state index in [-0.39, 0.29) is 11.8 Å². The van der Waals surface area contributed by atoms with Gasteiger partial charge in [-0.25, -0.2) is 4.79 Å². The normalized spacial score (nSPS) is 13.3. The Morgan fingerprint density at radius 3 is 2.38 bits per heavy atom. The van der Waals surface area contributed by atoms with Gasteiger partial charge in [0, 0.05) is 18.7 Å². The van der Waals surface area contributed by atoms with E-state index in [1.165, 1.54) is 0 Å². The van der Waals surface area contributed by atoms with Crippen LogP contribution in [0.3, 0.4) is 0 Å². The van der Waals surface area contributed by atoms with Gasteiger partial charge in [-0.15, -0.1) is 0 Å². The molecule has 1 unspecified atom stereocenters. The predicted molar refractivity (Wildman–Crippen MR) is 90.5 cm³/mol. The first kappa shape index (κ1) is 17.7. The van der Waals surface area contributed by atoms with Crippen molar-refractivity contribution in [3.05, 3.63) is 52.8 Å². The predicted octanol–water partition coefficient (Wildman–Crippen LogP) is 2.16. The summed E-state index contributed by atoms with van der Waals surface area (Å²) in [6, 6.07) is 7.66. The van der Waals surface area contributed by atoms with Gasteiger partial charge in [0.2, 0.25) is 5.91 Å². The molecule has 0 saturated carbocycles. The Labute approximate surface area is 141 Å². The van der Waals surface area contributed by atoms with Crippen molar-refractivity contribution in [1.29, 1.82) is 0 Å². The molecule has 0 bridgehead atoms. The van der Waals surface area contributed by atoms with Crippen LogP contribution in [0.2, 0.25) is 0 Å². The molecular weight excluding hydrogens is 306 g/mol. The van der Waals surface area contributed by atoms with Crippen LogP contribution in [0.25, 0.3) is 0 Å². The molecule has 2 rings (SSSR count). The van der Waals surface area contributed by atoms with Crippen LogP contribution in [0, 0.1) is 19.8 Å². The summed E-state index contributed by atoms with van der Waals surface area (Å²) in [6.45, 7) is 5.67. The van der Waals surface area contributed by atoms with Crippen molar-refractivity contribution in [3.8, 4) is 0 Å². The maximum Gasteiger partial charge on any atom is 0.330 e. The maximum atomic E-state index is 12.5. The number of aromatic nitrogens is 2. The van der Waals surface area contributed by atoms with Gasteiger partial charge in [0.05, 0.1) is 5.69 Å². The zero-order valence-corrected chi connectivity index (χ0v) is 14.4. The van der Waals surface area contributed by atoms with E-state index in [1.54, 1.807) is 41.9 Å². The smallest absolute Gasteiger partial charge is 0.330 e. The average Bonchev–Trinajstić information content (AvgIpc) is 2.79. The highest BCUT2D eigenvalue weighted by Crippen LogP contribution is 2.19. The van der Waals surface area contributed by atoms with Gasteiger partial charge in [-0.05, 0) is 31.4 Å². The van der Waals surface area contributed by atoms with Gasteiger partial charge in [-0.2, -0.15) is 5.10 Å². The van der Waals surface area contributed by atoms with Crippen molar-refractivity contribution >= 4 is 11.9 Å². The third kappa shape index (κ3) is 3.82. The van der Waals surface area contributed by atoms with Crippen LogP contribution in [0.4, 0.5) is 0 Å². The second kappa shape index (κ2) is 7.29. The van der Waals surface area contributed by atoms with E-state index in [0.717, 1.165) is 17.0 Å². The monoisotopic (exact) mass is 329 g/mol. The second-order valence-corrected chi connectivity index (χ2v) is 6.07. The molecular formula is C18H23N3O3. The number of nitrogens with zero attached hydrogens (tertiary/aromatic N) is 2. The largest absolute Gasteiger partial charge is 0.479 e. The molecule has 2 aromatic rings. The Hall–Kier alpha value is -2.63. The molecule has 1 amide bonds. The fourth-order valence-corrected chi connectivity index (χ4v) is 2.73. The number of hydrogen-bond acceptors (Lipinski definition) is 3. The quantitative estimate of drug-likeness (QED) is 0.850. The summed E-state index contributed by atoms with van der Waals surface area (Å²) < 4.78 is 1.79. The Kier molecular flexibility index (Phi) is 5.39. The molecule has 128 valence electrons. The lowest BCUT2D eigenvalue weighted by Crippen LogP contribution is -2.37. The molecule has 1 aromatic heterocycles. The lowest BCUT2D eigenvalue weighted by Gasteiger charge is -2.18. The van der Waals surface area contributed by atoms with Crippen LogP contribution < -0.4 is 5.32 Å². The summed E-state index contributed by atoms with van der Waals surface area (Å²) in [5.41, 5.74) is 3.50. The third-order valence-corrected chi connectivity index (χ3v) is 4.28. The van der Waals surface area contributed by atoms with Gasteiger partial charge in [0.25, 0.3) is 0 Å². The molecule has 0 spiro atoms. The van der Waals surface area contributed by atoms with Crippen molar-refractivity contribution < 1.29 is 14.7 Å². The molecule has 0 aliphatic carbocycles. The van der Waals surface area contributed by atoms with Gasteiger partial charge < -0.3 is 10.4 Å². The van der Waals surface area contributed by atoms with Crippen molar-refractivity contribution in [3.63, 3.8) is 0 Å². The molecule has 6 nitrogen and oxygen atoms in total. The Balaban J connectivity index is 2.11. The Morgan fingerprint density at radius 1 is 1.25 bits per heavy atom. The van der Waals surface area contributed by atoms with Crippen molar-refractivity contribution in [2.45, 2.75) is 33.2 Å². The summed E-state index contributed by atoms with van der Waals surface area (Å²) in [5.74, 6) is -1.71. The van der Waals surface area contributed by atoms with Gasteiger partial charge in [-0.1, -0.05) is 37.3 Å². The number of amides is 1. The van der Waals surface area contributed by atoms with Crippen LogP contribution >= 0.6 is 0 Å². The molecule has 1 aromatic carbocycles. The van der Waals surface area contributed by atoms with Crippen LogP contribution in [-0.2, 0) is 23.1 Å². The topological polar surface area (TPSA) is 84.2 Å². The number of hydrogen-bond donors (Lipinski definition) is 2. The van der Waals surface area contributed by atoms with E-state index in [4.69, 9.17) is 0 Å². The highest BCUT2D eigenvalue weighted by Gasteiger charge is 2.25. The van der Waals surface area contributed by atoms with Crippen molar-refractivity contribution in [2.75, 3.05) is 0 Å². The van der Waals surface area contributed by atoms with Gasteiger partial charge in [0.15, 0.2) is 6.04 Å². The zero-order valence-electron chi connectivity index (χ0n) is 14.4. The van der Waals surface area contributed by atoms with E-state index in [2.05, 4.69) is 10.4 Å². The van der Waals surface area contributed by atoms with Crippen molar-refractivity contribution in [2.24, 2.45) is 13.0 Å². The van der Waals surface area contributed by atoms with E-state index in [1.807, 2.05) is 20.9 Å². The standard InChI is InChI=1S/C18H23N3O3/c1-11(10-15-12(2)20-21(4)13(15)3)17(22)19-16(18(23)24)14-8-6-5-7-9-14/h5-9,11,16H,10H2,1-4H3,(H,19,22)(H,23,24)/t11?,16-/m1/s1. The average molecular weight is 329 g/mol. The lowest BCUT2D eigenvalue weighted by molar-refractivity contribution is -0.142. The molecule has 24 heavy (non-hydrogen) atoms. The van der Waals surface area contributed by atoms with Gasteiger partial charge in [-0.3, -0.25) is 9.48 Å². The molecule has 2 N–H and O–H groups in total. The number of benzene rings is 1. The first-order valence-corrected chi connectivity index (χ1v) is 7.88. The fourth-order valence-electron chi connectivity index (χ4n) is 2.73. The summed E-state index contributed by atoms with van der Waals surface area (Å²) in [7, 11) is 1.87. The summed E-state index contributed by atoms with van der Waals surface area (Å²) in [5, 5.41) is 16.4. The Bertz CT molecular complexity index is 737. The molecule has 1 heterocycles. The summed E-state index contributed by atoms with van der Waals surface area (Å²) >= 11 is 0. The number of rotatable bonds is 6. The number of carboxylic acid groups (broad SMARTS) is 1. The van der Waals surface area contributed by atoms with Crippen LogP contribution in [0.5, 0.6) is 0 Å². The minimum absolute atomic E-state index is 0.283. The van der Waals surface area contributed by atoms with Crippen LogP contribution in [0.15, 0.2) is 30.3 Å². The summed E-state index contributed by atoms with van der Waals surface area (Å²) in [4.78, 5) is 24.0. The molecule has 0 aliphatic rings. The minimum atomic E-state index is -1.07. The second-order valence-electron chi connectivity index (χ2n) is 6.07. The van der Waals surface area contributed by atoms with E-state index < -0.39 is 12.0 Å².